The second-order valence-corrected chi connectivity index (χ2v) is 10.2. The van der Waals surface area contributed by atoms with Crippen LogP contribution in [0.1, 0.15) is 50.4 Å². The zero-order valence-corrected chi connectivity index (χ0v) is 17.5. The maximum absolute atomic E-state index is 12.8. The van der Waals surface area contributed by atoms with E-state index in [1.165, 1.54) is 0 Å². The van der Waals surface area contributed by atoms with E-state index in [0.29, 0.717) is 13.1 Å². The lowest BCUT2D eigenvalue weighted by atomic mass is 9.74. The van der Waals surface area contributed by atoms with Crippen LogP contribution in [0.4, 0.5) is 0 Å². The van der Waals surface area contributed by atoms with Gasteiger partial charge in [-0.3, -0.25) is 0 Å². The van der Waals surface area contributed by atoms with Crippen LogP contribution in [0.15, 0.2) is 30.5 Å². The summed E-state index contributed by atoms with van der Waals surface area (Å²) in [6.07, 6.45) is 5.26. The van der Waals surface area contributed by atoms with Crippen molar-refractivity contribution in [3.05, 3.63) is 41.7 Å². The molecule has 4 rings (SSSR count). The van der Waals surface area contributed by atoms with Crippen LogP contribution in [0.25, 0.3) is 5.69 Å². The van der Waals surface area contributed by atoms with E-state index in [9.17, 15) is 8.42 Å². The van der Waals surface area contributed by atoms with Crippen LogP contribution >= 0.6 is 0 Å². The molecule has 0 bridgehead atoms. The van der Waals surface area contributed by atoms with Crippen molar-refractivity contribution in [2.24, 2.45) is 5.41 Å². The summed E-state index contributed by atoms with van der Waals surface area (Å²) in [4.78, 5) is 0. The number of fused-ring (bicyclic) bond motifs is 1. The molecule has 1 aromatic heterocycles. The van der Waals surface area contributed by atoms with Crippen molar-refractivity contribution in [3.63, 3.8) is 0 Å². The Kier molecular flexibility index (Phi) is 4.97. The van der Waals surface area contributed by atoms with Gasteiger partial charge in [-0.1, -0.05) is 13.8 Å². The molecule has 2 aromatic rings. The third-order valence-electron chi connectivity index (χ3n) is 5.69. The predicted molar refractivity (Wildman–Crippen MR) is 108 cm³/mol. The van der Waals surface area contributed by atoms with E-state index < -0.39 is 10.2 Å². The van der Waals surface area contributed by atoms with E-state index in [1.54, 1.807) is 11.4 Å². The van der Waals surface area contributed by atoms with E-state index in [0.717, 1.165) is 48.4 Å². The Morgan fingerprint density at radius 1 is 1.18 bits per heavy atom. The summed E-state index contributed by atoms with van der Waals surface area (Å²) < 4.78 is 37.4. The Labute approximate surface area is 166 Å². The number of benzene rings is 1. The number of hydrogen-bond acceptors (Lipinski definition) is 4. The van der Waals surface area contributed by atoms with Crippen LogP contribution < -0.4 is 9.46 Å². The fourth-order valence-electron chi connectivity index (χ4n) is 4.28. The second kappa shape index (κ2) is 7.17. The molecule has 0 radical (unpaired) electrons. The molecule has 28 heavy (non-hydrogen) atoms. The molecule has 7 nitrogen and oxygen atoms in total. The first-order valence-electron chi connectivity index (χ1n) is 9.78. The SMILES string of the molecule is COc1ccc(-n2ncc3c2CC(C)(C)C[C@H]3NS(=O)(=O)N2CCCC2)cc1. The summed E-state index contributed by atoms with van der Waals surface area (Å²) in [5.74, 6) is 0.793. The van der Waals surface area contributed by atoms with Gasteiger partial charge in [0.1, 0.15) is 5.75 Å². The van der Waals surface area contributed by atoms with E-state index in [1.807, 2.05) is 35.1 Å². The van der Waals surface area contributed by atoms with Gasteiger partial charge in [-0.25, -0.2) is 4.68 Å². The van der Waals surface area contributed by atoms with Gasteiger partial charge < -0.3 is 4.74 Å². The summed E-state index contributed by atoms with van der Waals surface area (Å²) in [5, 5.41) is 4.59. The molecule has 1 aromatic carbocycles. The average molecular weight is 405 g/mol. The number of rotatable bonds is 5. The number of methoxy groups -OCH3 is 1. The highest BCUT2D eigenvalue weighted by atomic mass is 32.2. The molecule has 1 saturated heterocycles. The summed E-state index contributed by atoms with van der Waals surface area (Å²) in [7, 11) is -1.84. The fourth-order valence-corrected chi connectivity index (χ4v) is 5.73. The molecule has 1 fully saturated rings. The van der Waals surface area contributed by atoms with E-state index in [2.05, 4.69) is 23.7 Å². The van der Waals surface area contributed by atoms with Crippen LogP contribution in [0.5, 0.6) is 5.75 Å². The number of hydrogen-bond donors (Lipinski definition) is 1. The van der Waals surface area contributed by atoms with E-state index in [4.69, 9.17) is 4.74 Å². The van der Waals surface area contributed by atoms with Crippen LogP contribution in [0.3, 0.4) is 0 Å². The lowest BCUT2D eigenvalue weighted by Gasteiger charge is -2.36. The van der Waals surface area contributed by atoms with Gasteiger partial charge in [-0.15, -0.1) is 0 Å². The van der Waals surface area contributed by atoms with Crippen molar-refractivity contribution in [1.29, 1.82) is 0 Å². The quantitative estimate of drug-likeness (QED) is 0.831. The summed E-state index contributed by atoms with van der Waals surface area (Å²) in [6, 6.07) is 7.49. The largest absolute Gasteiger partial charge is 0.497 e. The van der Waals surface area contributed by atoms with Gasteiger partial charge in [0.25, 0.3) is 10.2 Å². The van der Waals surface area contributed by atoms with Crippen LogP contribution in [-0.4, -0.2) is 42.7 Å². The molecule has 0 saturated carbocycles. The number of aromatic nitrogens is 2. The first-order chi connectivity index (χ1) is 13.3. The standard InChI is InChI=1S/C20H28N4O3S/c1-20(2)12-18(22-28(25,26)23-10-4-5-11-23)17-14-21-24(19(17)13-20)15-6-8-16(27-3)9-7-15/h6-9,14,18,22H,4-5,10-13H2,1-3H3/t18-/m1/s1. The van der Waals surface area contributed by atoms with E-state index in [-0.39, 0.29) is 11.5 Å². The molecule has 1 atom stereocenters. The lowest BCUT2D eigenvalue weighted by Crippen LogP contribution is -2.43. The first-order valence-corrected chi connectivity index (χ1v) is 11.2. The van der Waals surface area contributed by atoms with Gasteiger partial charge in [-0.05, 0) is 55.4 Å². The van der Waals surface area contributed by atoms with Crippen molar-refractivity contribution < 1.29 is 13.2 Å². The third kappa shape index (κ3) is 3.68. The molecule has 0 spiro atoms. The van der Waals surface area contributed by atoms with Crippen molar-refractivity contribution in [2.45, 2.75) is 45.6 Å². The van der Waals surface area contributed by atoms with Gasteiger partial charge in [0, 0.05) is 24.3 Å². The van der Waals surface area contributed by atoms with Crippen LogP contribution in [0.2, 0.25) is 0 Å². The zero-order chi connectivity index (χ0) is 19.9. The highest BCUT2D eigenvalue weighted by Gasteiger charge is 2.38. The smallest absolute Gasteiger partial charge is 0.280 e. The van der Waals surface area contributed by atoms with Gasteiger partial charge in [-0.2, -0.15) is 22.5 Å². The molecule has 0 amide bonds. The fraction of sp³-hybridized carbons (Fsp3) is 0.550. The monoisotopic (exact) mass is 404 g/mol. The third-order valence-corrected chi connectivity index (χ3v) is 7.32. The molecule has 152 valence electrons. The van der Waals surface area contributed by atoms with Crippen molar-refractivity contribution in [1.82, 2.24) is 18.8 Å². The topological polar surface area (TPSA) is 76.5 Å². The highest BCUT2D eigenvalue weighted by molar-refractivity contribution is 7.87. The summed E-state index contributed by atoms with van der Waals surface area (Å²) in [6.45, 7) is 5.56. The van der Waals surface area contributed by atoms with Crippen molar-refractivity contribution in [2.75, 3.05) is 20.2 Å². The second-order valence-electron chi connectivity index (χ2n) is 8.48. The maximum Gasteiger partial charge on any atom is 0.280 e. The molecule has 8 heteroatoms. The van der Waals surface area contributed by atoms with Crippen molar-refractivity contribution in [3.8, 4) is 11.4 Å². The molecule has 1 aliphatic carbocycles. The Bertz CT molecular complexity index is 944. The van der Waals surface area contributed by atoms with Crippen LogP contribution in [0, 0.1) is 5.41 Å². The Morgan fingerprint density at radius 3 is 2.50 bits per heavy atom. The Morgan fingerprint density at radius 2 is 1.86 bits per heavy atom. The normalized spacial score (nSPS) is 22.2. The number of nitrogens with one attached hydrogen (secondary N) is 1. The zero-order valence-electron chi connectivity index (χ0n) is 16.7. The molecular formula is C20H28N4O3S. The predicted octanol–water partition coefficient (Wildman–Crippen LogP) is 2.82. The molecule has 1 aliphatic heterocycles. The first kappa shape index (κ1) is 19.4. The lowest BCUT2D eigenvalue weighted by molar-refractivity contribution is 0.266. The number of ether oxygens (including phenoxy) is 1. The Balaban J connectivity index is 1.67. The minimum absolute atomic E-state index is 0.0323. The Hall–Kier alpha value is -1.90. The molecular weight excluding hydrogens is 376 g/mol. The molecule has 2 heterocycles. The highest BCUT2D eigenvalue weighted by Crippen LogP contribution is 2.42. The van der Waals surface area contributed by atoms with Gasteiger partial charge >= 0.3 is 0 Å². The van der Waals surface area contributed by atoms with Crippen molar-refractivity contribution >= 4 is 10.2 Å². The van der Waals surface area contributed by atoms with E-state index >= 15 is 0 Å². The minimum Gasteiger partial charge on any atom is -0.497 e. The van der Waals surface area contributed by atoms with Gasteiger partial charge in [0.05, 0.1) is 25.0 Å². The average Bonchev–Trinajstić information content (AvgIpc) is 3.31. The molecule has 1 N–H and O–H groups in total. The maximum atomic E-state index is 12.8. The number of nitrogens with zero attached hydrogens (tertiary/aromatic N) is 3. The van der Waals surface area contributed by atoms with Gasteiger partial charge in [0.2, 0.25) is 0 Å². The summed E-state index contributed by atoms with van der Waals surface area (Å²) in [5.41, 5.74) is 2.95. The van der Waals surface area contributed by atoms with Crippen LogP contribution in [-0.2, 0) is 16.6 Å². The molecule has 0 unspecified atom stereocenters. The van der Waals surface area contributed by atoms with Gasteiger partial charge in [0.15, 0.2) is 0 Å². The minimum atomic E-state index is -3.49. The summed E-state index contributed by atoms with van der Waals surface area (Å²) >= 11 is 0. The molecule has 2 aliphatic rings.